The Bertz CT molecular complexity index is 888. The van der Waals surface area contributed by atoms with Crippen LogP contribution in [0.25, 0.3) is 0 Å². The van der Waals surface area contributed by atoms with E-state index in [0.717, 1.165) is 0 Å². The van der Waals surface area contributed by atoms with E-state index in [1.54, 1.807) is 20.8 Å². The van der Waals surface area contributed by atoms with Crippen molar-refractivity contribution >= 4 is 11.6 Å². The number of Topliss-reactive ketones (excluding diaryl/α,β-unsaturated/α-hetero) is 1. The first kappa shape index (κ1) is 24.9. The summed E-state index contributed by atoms with van der Waals surface area (Å²) in [6, 6.07) is 0. The smallest absolute Gasteiger partial charge is 0.175 e. The van der Waals surface area contributed by atoms with Crippen LogP contribution in [0.4, 0.5) is 8.78 Å². The molecule has 4 N–H and O–H groups in total. The molecule has 0 aromatic rings. The number of carbonyl (C=O) groups is 2. The van der Waals surface area contributed by atoms with E-state index in [1.807, 2.05) is 0 Å². The summed E-state index contributed by atoms with van der Waals surface area (Å²) >= 11 is 0. The van der Waals surface area contributed by atoms with E-state index in [9.17, 15) is 30.0 Å². The van der Waals surface area contributed by atoms with Crippen molar-refractivity contribution in [1.29, 1.82) is 0 Å². The fourth-order valence-corrected chi connectivity index (χ4v) is 8.62. The summed E-state index contributed by atoms with van der Waals surface area (Å²) in [5.74, 6) is -5.03. The Kier molecular flexibility index (Phi) is 5.76. The van der Waals surface area contributed by atoms with Gasteiger partial charge in [-0.15, -0.1) is 0 Å². The minimum atomic E-state index is -2.46. The average molecular weight is 471 g/mol. The average Bonchev–Trinajstić information content (AvgIpc) is 3.05. The highest BCUT2D eigenvalue weighted by Gasteiger charge is 2.78. The summed E-state index contributed by atoms with van der Waals surface area (Å²) in [6.07, 6.45) is -1.77. The summed E-state index contributed by atoms with van der Waals surface area (Å²) in [7, 11) is 0. The highest BCUT2D eigenvalue weighted by Crippen LogP contribution is 2.74. The normalized spacial score (nSPS) is 47.4. The van der Waals surface area contributed by atoms with Gasteiger partial charge >= 0.3 is 0 Å². The van der Waals surface area contributed by atoms with Crippen LogP contribution in [0, 0.1) is 28.1 Å². The number of hydrogen-bond donors (Lipinski definition) is 4. The van der Waals surface area contributed by atoms with Crippen LogP contribution < -0.4 is 0 Å². The molecule has 4 rings (SSSR count). The molecule has 0 spiro atoms. The molecular formula is C25H36F2O6. The third-order valence-electron chi connectivity index (χ3n) is 10.1. The standard InChI is InChI=1S/C25H36F2O6/c1-4-7-24(32,33)23(20(31)13-28)9-6-15-16-11-18(26)17-10-14(29)5-8-21(17,2)25(16,27)19(30)12-22(15,23)3/h10,15-16,18-19,28,30,32-33H,4-9,11-13H2,1-3H3/t15-,16-,18?,19?,21-,22-,23-,25-/m0/s1. The first-order valence-corrected chi connectivity index (χ1v) is 12.1. The monoisotopic (exact) mass is 470 g/mol. The molecule has 8 heteroatoms. The molecule has 186 valence electrons. The van der Waals surface area contributed by atoms with E-state index in [0.29, 0.717) is 6.42 Å². The summed E-state index contributed by atoms with van der Waals surface area (Å²) < 4.78 is 32.7. The zero-order chi connectivity index (χ0) is 24.6. The molecule has 0 saturated heterocycles. The van der Waals surface area contributed by atoms with Gasteiger partial charge in [-0.05, 0) is 55.1 Å². The van der Waals surface area contributed by atoms with Crippen molar-refractivity contribution in [3.8, 4) is 0 Å². The molecule has 2 unspecified atom stereocenters. The lowest BCUT2D eigenvalue weighted by atomic mass is 9.41. The van der Waals surface area contributed by atoms with Gasteiger partial charge in [0.25, 0.3) is 0 Å². The number of allylic oxidation sites excluding steroid dienone is 1. The Labute approximate surface area is 193 Å². The Morgan fingerprint density at radius 2 is 1.91 bits per heavy atom. The first-order valence-electron chi connectivity index (χ1n) is 12.1. The first-order chi connectivity index (χ1) is 15.3. The molecule has 0 radical (unpaired) electrons. The number of alkyl halides is 2. The van der Waals surface area contributed by atoms with Gasteiger partial charge in [0.15, 0.2) is 17.4 Å². The van der Waals surface area contributed by atoms with Gasteiger partial charge in [-0.3, -0.25) is 9.59 Å². The number of aliphatic hydroxyl groups excluding tert-OH is 2. The SMILES string of the molecule is CCCC(O)(O)[C@]1(C(=O)CO)CC[C@H]2[C@@H]3CC(F)C4=CC(=O)CC[C@]4(C)[C@@]3(F)C(O)C[C@@]21C. The summed E-state index contributed by atoms with van der Waals surface area (Å²) in [6.45, 7) is 4.07. The maximum absolute atomic E-state index is 17.2. The van der Waals surface area contributed by atoms with Gasteiger partial charge in [-0.2, -0.15) is 0 Å². The van der Waals surface area contributed by atoms with Gasteiger partial charge in [0.05, 0.1) is 11.5 Å². The largest absolute Gasteiger partial charge is 0.390 e. The van der Waals surface area contributed by atoms with Crippen LogP contribution in [-0.2, 0) is 9.59 Å². The van der Waals surface area contributed by atoms with E-state index in [-0.39, 0.29) is 56.3 Å². The van der Waals surface area contributed by atoms with Gasteiger partial charge in [-0.1, -0.05) is 27.2 Å². The lowest BCUT2D eigenvalue weighted by Gasteiger charge is -2.65. The molecule has 3 saturated carbocycles. The molecule has 0 aromatic carbocycles. The predicted molar refractivity (Wildman–Crippen MR) is 115 cm³/mol. The number of aliphatic hydroxyl groups is 4. The maximum atomic E-state index is 17.2. The topological polar surface area (TPSA) is 115 Å². The summed E-state index contributed by atoms with van der Waals surface area (Å²) in [5, 5.41) is 43.5. The molecular weight excluding hydrogens is 434 g/mol. The van der Waals surface area contributed by atoms with Crippen molar-refractivity contribution in [1.82, 2.24) is 0 Å². The second-order valence-electron chi connectivity index (χ2n) is 11.3. The molecule has 0 aliphatic heterocycles. The van der Waals surface area contributed by atoms with Gasteiger partial charge in [0.2, 0.25) is 0 Å². The molecule has 8 atom stereocenters. The van der Waals surface area contributed by atoms with Crippen molar-refractivity contribution in [2.24, 2.45) is 28.1 Å². The second-order valence-corrected chi connectivity index (χ2v) is 11.3. The lowest BCUT2D eigenvalue weighted by molar-refractivity contribution is -0.292. The fraction of sp³-hybridized carbons (Fsp3) is 0.840. The quantitative estimate of drug-likeness (QED) is 0.459. The Morgan fingerprint density at radius 3 is 2.52 bits per heavy atom. The van der Waals surface area contributed by atoms with Crippen LogP contribution in [0.3, 0.4) is 0 Å². The lowest BCUT2D eigenvalue weighted by Crippen LogP contribution is -2.72. The third-order valence-corrected chi connectivity index (χ3v) is 10.1. The van der Waals surface area contributed by atoms with Crippen LogP contribution in [0.2, 0.25) is 0 Å². The predicted octanol–water partition coefficient (Wildman–Crippen LogP) is 2.56. The van der Waals surface area contributed by atoms with Crippen molar-refractivity contribution < 1.29 is 38.8 Å². The molecule has 6 nitrogen and oxygen atoms in total. The number of ketones is 2. The van der Waals surface area contributed by atoms with E-state index in [4.69, 9.17) is 0 Å². The van der Waals surface area contributed by atoms with Gasteiger partial charge in [0.1, 0.15) is 18.4 Å². The van der Waals surface area contributed by atoms with Crippen molar-refractivity contribution in [3.05, 3.63) is 11.6 Å². The highest BCUT2D eigenvalue weighted by atomic mass is 19.1. The van der Waals surface area contributed by atoms with Crippen LogP contribution in [0.1, 0.15) is 72.1 Å². The van der Waals surface area contributed by atoms with Gasteiger partial charge < -0.3 is 20.4 Å². The molecule has 0 aromatic heterocycles. The fourth-order valence-electron chi connectivity index (χ4n) is 8.62. The van der Waals surface area contributed by atoms with Crippen molar-refractivity contribution in [2.75, 3.05) is 6.61 Å². The molecule has 0 amide bonds. The van der Waals surface area contributed by atoms with Crippen LogP contribution in [-0.4, -0.2) is 62.3 Å². The molecule has 0 bridgehead atoms. The van der Waals surface area contributed by atoms with E-state index in [2.05, 4.69) is 0 Å². The number of fused-ring (bicyclic) bond motifs is 5. The molecule has 0 heterocycles. The number of halogens is 2. The van der Waals surface area contributed by atoms with Crippen molar-refractivity contribution in [3.63, 3.8) is 0 Å². The minimum absolute atomic E-state index is 0.00864. The minimum Gasteiger partial charge on any atom is -0.390 e. The zero-order valence-corrected chi connectivity index (χ0v) is 19.6. The maximum Gasteiger partial charge on any atom is 0.175 e. The Hall–Kier alpha value is -1.22. The van der Waals surface area contributed by atoms with Gasteiger partial charge in [0, 0.05) is 24.2 Å². The van der Waals surface area contributed by atoms with Crippen LogP contribution >= 0.6 is 0 Å². The van der Waals surface area contributed by atoms with Crippen molar-refractivity contribution in [2.45, 2.75) is 95.9 Å². The van der Waals surface area contributed by atoms with E-state index < -0.39 is 64.2 Å². The third kappa shape index (κ3) is 2.84. The zero-order valence-electron chi connectivity index (χ0n) is 19.6. The van der Waals surface area contributed by atoms with E-state index >= 15 is 8.78 Å². The number of rotatable bonds is 5. The van der Waals surface area contributed by atoms with Crippen LogP contribution in [0.15, 0.2) is 11.6 Å². The second kappa shape index (κ2) is 7.64. The Balaban J connectivity index is 1.87. The molecule has 3 fully saturated rings. The number of carbonyl (C=O) groups excluding carboxylic acids is 2. The highest BCUT2D eigenvalue weighted by molar-refractivity contribution is 5.92. The number of hydrogen-bond acceptors (Lipinski definition) is 6. The van der Waals surface area contributed by atoms with Crippen LogP contribution in [0.5, 0.6) is 0 Å². The molecule has 4 aliphatic carbocycles. The summed E-state index contributed by atoms with van der Waals surface area (Å²) in [5.41, 5.74) is -6.55. The summed E-state index contributed by atoms with van der Waals surface area (Å²) in [4.78, 5) is 25.2. The molecule has 33 heavy (non-hydrogen) atoms. The van der Waals surface area contributed by atoms with E-state index in [1.165, 1.54) is 6.08 Å². The molecule has 4 aliphatic rings. The Morgan fingerprint density at radius 1 is 1.24 bits per heavy atom. The van der Waals surface area contributed by atoms with Gasteiger partial charge in [-0.25, -0.2) is 8.78 Å².